The molecule has 1 aromatic rings. The predicted octanol–water partition coefficient (Wildman–Crippen LogP) is 3.16. The van der Waals surface area contributed by atoms with Crippen molar-refractivity contribution in [2.75, 3.05) is 19.7 Å². The summed E-state index contributed by atoms with van der Waals surface area (Å²) in [5, 5.41) is 8.28. The molecule has 11 nitrogen and oxygen atoms in total. The van der Waals surface area contributed by atoms with Crippen LogP contribution in [0.5, 0.6) is 5.75 Å². The van der Waals surface area contributed by atoms with Gasteiger partial charge in [-0.05, 0) is 63.1 Å². The lowest BCUT2D eigenvalue weighted by Gasteiger charge is -2.35. The number of ether oxygens (including phenoxy) is 2. The minimum atomic E-state index is -1.11. The van der Waals surface area contributed by atoms with Crippen molar-refractivity contribution in [3.8, 4) is 5.75 Å². The fraction of sp³-hybridized carbons (Fsp3) is 0.583. The molecule has 2 unspecified atom stereocenters. The molecule has 256 valence electrons. The maximum absolute atomic E-state index is 14.5. The molecule has 1 saturated heterocycles. The van der Waals surface area contributed by atoms with Crippen molar-refractivity contribution in [1.82, 2.24) is 20.9 Å². The Morgan fingerprint density at radius 2 is 1.89 bits per heavy atom. The van der Waals surface area contributed by atoms with Gasteiger partial charge in [0.2, 0.25) is 23.5 Å². The van der Waals surface area contributed by atoms with Crippen molar-refractivity contribution in [3.05, 3.63) is 55.1 Å². The smallest absolute Gasteiger partial charge is 0.289 e. The number of allylic oxidation sites excluding steroid dienone is 1. The molecule has 1 aromatic carbocycles. The first-order valence-electron chi connectivity index (χ1n) is 16.8. The van der Waals surface area contributed by atoms with Crippen LogP contribution in [0.25, 0.3) is 0 Å². The Labute approximate surface area is 277 Å². The lowest BCUT2D eigenvalue weighted by Crippen LogP contribution is -2.58. The quantitative estimate of drug-likeness (QED) is 0.261. The fourth-order valence-corrected chi connectivity index (χ4v) is 6.71. The van der Waals surface area contributed by atoms with E-state index in [0.29, 0.717) is 25.2 Å². The minimum Gasteiger partial charge on any atom is -0.493 e. The number of nitrogens with one attached hydrogen (secondary N) is 3. The van der Waals surface area contributed by atoms with Crippen LogP contribution in [-0.2, 0) is 35.1 Å². The Hall–Kier alpha value is -3.99. The number of rotatable bonds is 10. The summed E-state index contributed by atoms with van der Waals surface area (Å²) < 4.78 is 12.5. The lowest BCUT2D eigenvalue weighted by molar-refractivity contribution is -0.144. The van der Waals surface area contributed by atoms with E-state index in [-0.39, 0.29) is 50.1 Å². The molecule has 1 saturated carbocycles. The number of carbonyl (C=O) groups is 5. The summed E-state index contributed by atoms with van der Waals surface area (Å²) in [4.78, 5) is 69.1. The third-order valence-electron chi connectivity index (χ3n) is 9.20. The Balaban J connectivity index is 1.65. The van der Waals surface area contributed by atoms with Crippen LogP contribution in [0.15, 0.2) is 49.6 Å². The zero-order valence-electron chi connectivity index (χ0n) is 27.8. The van der Waals surface area contributed by atoms with E-state index < -0.39 is 47.4 Å². The van der Waals surface area contributed by atoms with Gasteiger partial charge in [0.1, 0.15) is 17.8 Å². The van der Waals surface area contributed by atoms with E-state index in [1.54, 1.807) is 6.08 Å². The molecule has 3 N–H and O–H groups in total. The van der Waals surface area contributed by atoms with Gasteiger partial charge in [0.25, 0.3) is 5.91 Å². The van der Waals surface area contributed by atoms with Crippen LogP contribution in [0.3, 0.4) is 0 Å². The molecule has 2 heterocycles. The van der Waals surface area contributed by atoms with Crippen molar-refractivity contribution in [2.24, 2.45) is 5.92 Å². The maximum atomic E-state index is 14.5. The molecule has 11 heteroatoms. The van der Waals surface area contributed by atoms with Gasteiger partial charge in [0, 0.05) is 25.9 Å². The van der Waals surface area contributed by atoms with E-state index in [9.17, 15) is 24.0 Å². The summed E-state index contributed by atoms with van der Waals surface area (Å²) in [7, 11) is 0. The van der Waals surface area contributed by atoms with Gasteiger partial charge in [0.15, 0.2) is 0 Å². The summed E-state index contributed by atoms with van der Waals surface area (Å²) >= 11 is 0. The lowest BCUT2D eigenvalue weighted by atomic mass is 9.83. The average molecular weight is 651 g/mol. The van der Waals surface area contributed by atoms with Crippen LogP contribution in [-0.4, -0.2) is 83.8 Å². The summed E-state index contributed by atoms with van der Waals surface area (Å²) in [5.41, 5.74) is 0.130. The molecule has 47 heavy (non-hydrogen) atoms. The van der Waals surface area contributed by atoms with Crippen molar-refractivity contribution < 1.29 is 33.4 Å². The predicted molar refractivity (Wildman–Crippen MR) is 177 cm³/mol. The van der Waals surface area contributed by atoms with Crippen molar-refractivity contribution >= 4 is 29.4 Å². The molecule has 4 atom stereocenters. The second-order valence-electron chi connectivity index (χ2n) is 13.4. The molecular weight excluding hydrogens is 600 g/mol. The number of nitrogens with zero attached hydrogens (tertiary/aromatic N) is 1. The molecule has 4 rings (SSSR count). The van der Waals surface area contributed by atoms with Crippen molar-refractivity contribution in [2.45, 2.75) is 108 Å². The fourth-order valence-electron chi connectivity index (χ4n) is 6.71. The van der Waals surface area contributed by atoms with E-state index in [2.05, 4.69) is 29.1 Å². The topological polar surface area (TPSA) is 143 Å². The molecule has 2 fully saturated rings. The molecule has 1 aliphatic carbocycles. The van der Waals surface area contributed by atoms with E-state index in [0.717, 1.165) is 37.7 Å². The molecule has 4 bridgehead atoms. The van der Waals surface area contributed by atoms with Crippen LogP contribution < -0.4 is 20.7 Å². The van der Waals surface area contributed by atoms with Gasteiger partial charge in [-0.1, -0.05) is 43.5 Å². The number of carbonyl (C=O) groups excluding carboxylic acids is 5. The molecular formula is C36H50N4O7. The summed E-state index contributed by atoms with van der Waals surface area (Å²) in [6, 6.07) is 4.49. The van der Waals surface area contributed by atoms with E-state index in [4.69, 9.17) is 9.47 Å². The highest BCUT2D eigenvalue weighted by molar-refractivity contribution is 6.38. The Kier molecular flexibility index (Phi) is 12.8. The van der Waals surface area contributed by atoms with Gasteiger partial charge >= 0.3 is 0 Å². The van der Waals surface area contributed by atoms with Gasteiger partial charge < -0.3 is 30.3 Å². The zero-order valence-corrected chi connectivity index (χ0v) is 27.8. The number of amides is 4. The number of fused-ring (bicyclic) bond motifs is 4. The summed E-state index contributed by atoms with van der Waals surface area (Å²) in [6.07, 6.45) is 8.51. The van der Waals surface area contributed by atoms with Crippen LogP contribution in [0.1, 0.15) is 77.2 Å². The van der Waals surface area contributed by atoms with E-state index in [1.165, 1.54) is 11.0 Å². The number of ketones is 1. The molecule has 2 aliphatic heterocycles. The average Bonchev–Trinajstić information content (AvgIpc) is 3.47. The van der Waals surface area contributed by atoms with Crippen LogP contribution in [0.4, 0.5) is 0 Å². The first kappa shape index (κ1) is 35.9. The molecule has 3 aliphatic rings. The van der Waals surface area contributed by atoms with Crippen LogP contribution >= 0.6 is 0 Å². The third-order valence-corrected chi connectivity index (χ3v) is 9.20. The van der Waals surface area contributed by atoms with E-state index >= 15 is 0 Å². The Morgan fingerprint density at radius 3 is 2.62 bits per heavy atom. The van der Waals surface area contributed by atoms with E-state index in [1.807, 2.05) is 38.1 Å². The maximum Gasteiger partial charge on any atom is 0.289 e. The van der Waals surface area contributed by atoms with Gasteiger partial charge in [0.05, 0.1) is 30.8 Å². The second kappa shape index (κ2) is 16.7. The Bertz CT molecular complexity index is 1320. The number of benzene rings is 1. The first-order valence-corrected chi connectivity index (χ1v) is 16.8. The number of Topliss-reactive ketones (excluding diaryl/α,β-unsaturated/α-hetero) is 1. The number of hydrogen-bond donors (Lipinski definition) is 3. The third kappa shape index (κ3) is 10.00. The first-order chi connectivity index (χ1) is 22.5. The van der Waals surface area contributed by atoms with Crippen LogP contribution in [0.2, 0.25) is 0 Å². The summed E-state index contributed by atoms with van der Waals surface area (Å²) in [5.74, 6) is -2.21. The summed E-state index contributed by atoms with van der Waals surface area (Å²) in [6.45, 7) is 11.8. The van der Waals surface area contributed by atoms with Crippen molar-refractivity contribution in [1.29, 1.82) is 0 Å². The van der Waals surface area contributed by atoms with Gasteiger partial charge in [-0.25, -0.2) is 0 Å². The highest BCUT2D eigenvalue weighted by Gasteiger charge is 2.46. The number of hydrogen-bond acceptors (Lipinski definition) is 7. The highest BCUT2D eigenvalue weighted by Crippen LogP contribution is 2.32. The zero-order chi connectivity index (χ0) is 34.0. The normalized spacial score (nSPS) is 24.3. The molecule has 0 radical (unpaired) electrons. The largest absolute Gasteiger partial charge is 0.493 e. The van der Waals surface area contributed by atoms with Gasteiger partial charge in [-0.3, -0.25) is 24.0 Å². The second-order valence-corrected chi connectivity index (χ2v) is 13.4. The van der Waals surface area contributed by atoms with Gasteiger partial charge in [-0.2, -0.15) is 0 Å². The molecule has 4 amide bonds. The van der Waals surface area contributed by atoms with Crippen LogP contribution in [0, 0.1) is 5.92 Å². The molecule has 0 aromatic heterocycles. The monoisotopic (exact) mass is 650 g/mol. The highest BCUT2D eigenvalue weighted by atomic mass is 16.5. The Morgan fingerprint density at radius 1 is 1.13 bits per heavy atom. The SMILES string of the molecule is C=CCCC(NC(=O)C1C[C@@H]2CN1C(=O)[C@H](C1CCCCC1)NC(=O)Cc1cccc(c1)OCCC(C)(C)O2)C(=O)C(=O)NCC=C. The molecule has 0 spiro atoms. The minimum absolute atomic E-state index is 0.0792. The van der Waals surface area contributed by atoms with Gasteiger partial charge in [-0.15, -0.1) is 13.2 Å². The van der Waals surface area contributed by atoms with Crippen molar-refractivity contribution in [3.63, 3.8) is 0 Å². The standard InChI is InChI=1S/C36H50N4O7/c1-5-7-16-28(32(42)34(44)37-18-6-2)38-33(43)29-22-27-23-40(29)35(45)31(25-13-9-8-10-14-25)39-30(41)21-24-12-11-15-26(20-24)46-19-17-36(3,4)47-27/h5-6,11-12,15,20,25,27-29,31H,1-2,7-10,13-14,16-19,21-23H2,3-4H3,(H,37,44)(H,38,43)(H,39,41)/t27-,28?,29?,31+/m1/s1.